The maximum absolute atomic E-state index is 13.3. The molecule has 1 aliphatic heterocycles. The Labute approximate surface area is 113 Å². The summed E-state index contributed by atoms with van der Waals surface area (Å²) < 4.78 is 31.7. The zero-order chi connectivity index (χ0) is 14.2. The smallest absolute Gasteiger partial charge is 0.268 e. The predicted molar refractivity (Wildman–Crippen MR) is 66.5 cm³/mol. The Morgan fingerprint density at radius 1 is 1.25 bits per heavy atom. The van der Waals surface area contributed by atoms with Crippen molar-refractivity contribution < 1.29 is 13.2 Å². The molecule has 0 N–H and O–H groups in total. The van der Waals surface area contributed by atoms with E-state index in [1.54, 1.807) is 0 Å². The third kappa shape index (κ3) is 2.33. The monoisotopic (exact) mass is 281 g/mol. The fourth-order valence-electron chi connectivity index (χ4n) is 2.34. The maximum atomic E-state index is 13.3. The number of rotatable bonds is 2. The van der Waals surface area contributed by atoms with E-state index in [1.807, 2.05) is 11.8 Å². The number of aryl methyl sites for hydroxylation is 1. The van der Waals surface area contributed by atoms with E-state index >= 15 is 0 Å². The normalized spacial score (nSPS) is 18.2. The summed E-state index contributed by atoms with van der Waals surface area (Å²) in [7, 11) is 0. The summed E-state index contributed by atoms with van der Waals surface area (Å²) in [6, 6.07) is 0. The van der Waals surface area contributed by atoms with Crippen molar-refractivity contribution in [1.82, 2.24) is 20.2 Å². The van der Waals surface area contributed by atoms with Crippen molar-refractivity contribution in [1.29, 1.82) is 0 Å². The summed E-state index contributed by atoms with van der Waals surface area (Å²) in [6.45, 7) is 2.31. The lowest BCUT2D eigenvalue weighted by molar-refractivity contribution is -0.0220. The highest BCUT2D eigenvalue weighted by molar-refractivity contribution is 5.71. The van der Waals surface area contributed by atoms with Gasteiger partial charge in [0.1, 0.15) is 6.33 Å². The topological polar surface area (TPSA) is 67.9 Å². The van der Waals surface area contributed by atoms with Crippen LogP contribution < -0.4 is 4.90 Å². The van der Waals surface area contributed by atoms with Gasteiger partial charge in [-0.3, -0.25) is 0 Å². The molecule has 0 atom stereocenters. The molecule has 0 radical (unpaired) electrons. The molecule has 0 aliphatic carbocycles. The molecule has 0 bridgehead atoms. The molecule has 0 saturated carbocycles. The molecule has 106 valence electrons. The molecule has 6 nitrogen and oxygen atoms in total. The highest BCUT2D eigenvalue weighted by atomic mass is 19.3. The van der Waals surface area contributed by atoms with Crippen LogP contribution in [0.15, 0.2) is 17.1 Å². The third-order valence-corrected chi connectivity index (χ3v) is 3.38. The van der Waals surface area contributed by atoms with Crippen molar-refractivity contribution in [3.63, 3.8) is 0 Å². The summed E-state index contributed by atoms with van der Waals surface area (Å²) in [6.07, 6.45) is 2.26. The molecule has 0 unspecified atom stereocenters. The molecular weight excluding hydrogens is 268 g/mol. The van der Waals surface area contributed by atoms with Crippen LogP contribution in [0, 0.1) is 6.92 Å². The summed E-state index contributed by atoms with van der Waals surface area (Å²) >= 11 is 0. The Kier molecular flexibility index (Phi) is 3.07. The van der Waals surface area contributed by atoms with Crippen molar-refractivity contribution in [3.8, 4) is 11.6 Å². The number of hydrogen-bond donors (Lipinski definition) is 0. The number of halogens is 2. The fraction of sp³-hybridized carbons (Fsp3) is 0.500. The maximum Gasteiger partial charge on any atom is 0.268 e. The van der Waals surface area contributed by atoms with Gasteiger partial charge in [0.25, 0.3) is 11.8 Å². The largest absolute Gasteiger partial charge is 0.422 e. The Balaban J connectivity index is 1.97. The van der Waals surface area contributed by atoms with Gasteiger partial charge in [-0.25, -0.2) is 18.7 Å². The lowest BCUT2D eigenvalue weighted by atomic mass is 10.1. The van der Waals surface area contributed by atoms with Crippen LogP contribution >= 0.6 is 0 Å². The number of alkyl halides is 2. The lowest BCUT2D eigenvalue weighted by Crippen LogP contribution is -2.40. The summed E-state index contributed by atoms with van der Waals surface area (Å²) in [5.74, 6) is -2.33. The Morgan fingerprint density at radius 3 is 2.65 bits per heavy atom. The van der Waals surface area contributed by atoms with E-state index in [2.05, 4.69) is 20.2 Å². The molecule has 3 rings (SSSR count). The highest BCUT2D eigenvalue weighted by Gasteiger charge is 2.35. The van der Waals surface area contributed by atoms with Crippen LogP contribution in [0.4, 0.5) is 14.5 Å². The van der Waals surface area contributed by atoms with Crippen LogP contribution in [0.3, 0.4) is 0 Å². The minimum absolute atomic E-state index is 0.176. The van der Waals surface area contributed by atoms with Crippen LogP contribution in [-0.4, -0.2) is 39.2 Å². The van der Waals surface area contributed by atoms with Gasteiger partial charge in [0, 0.05) is 25.9 Å². The molecule has 3 heterocycles. The number of piperidine rings is 1. The second-order valence-corrected chi connectivity index (χ2v) is 4.74. The van der Waals surface area contributed by atoms with Crippen molar-refractivity contribution in [3.05, 3.63) is 18.4 Å². The Morgan fingerprint density at radius 2 is 2.00 bits per heavy atom. The minimum atomic E-state index is -2.59. The molecule has 1 fully saturated rings. The molecule has 1 saturated heterocycles. The van der Waals surface area contributed by atoms with E-state index < -0.39 is 5.92 Å². The van der Waals surface area contributed by atoms with E-state index in [0.717, 1.165) is 0 Å². The molecule has 2 aromatic rings. The minimum Gasteiger partial charge on any atom is -0.422 e. The number of hydrogen-bond acceptors (Lipinski definition) is 6. The number of anilines is 1. The Hall–Kier alpha value is -2.12. The van der Waals surface area contributed by atoms with Crippen molar-refractivity contribution >= 4 is 5.69 Å². The van der Waals surface area contributed by atoms with Crippen LogP contribution in [0.2, 0.25) is 0 Å². The van der Waals surface area contributed by atoms with Gasteiger partial charge in [0.2, 0.25) is 6.39 Å². The first-order chi connectivity index (χ1) is 9.57. The first-order valence-electron chi connectivity index (χ1n) is 6.28. The van der Waals surface area contributed by atoms with Crippen molar-refractivity contribution in [2.24, 2.45) is 0 Å². The zero-order valence-electron chi connectivity index (χ0n) is 10.9. The van der Waals surface area contributed by atoms with Gasteiger partial charge in [-0.1, -0.05) is 0 Å². The van der Waals surface area contributed by atoms with Crippen LogP contribution in [0.5, 0.6) is 0 Å². The van der Waals surface area contributed by atoms with E-state index in [4.69, 9.17) is 4.42 Å². The second kappa shape index (κ2) is 4.77. The zero-order valence-corrected chi connectivity index (χ0v) is 10.9. The lowest BCUT2D eigenvalue weighted by Gasteiger charge is -2.34. The van der Waals surface area contributed by atoms with E-state index in [0.29, 0.717) is 17.1 Å². The molecule has 2 aromatic heterocycles. The predicted octanol–water partition coefficient (Wildman–Crippen LogP) is 2.07. The first-order valence-corrected chi connectivity index (χ1v) is 6.28. The van der Waals surface area contributed by atoms with Crippen molar-refractivity contribution in [2.75, 3.05) is 18.0 Å². The molecule has 0 amide bonds. The van der Waals surface area contributed by atoms with Crippen LogP contribution in [-0.2, 0) is 0 Å². The van der Waals surface area contributed by atoms with Crippen LogP contribution in [0.1, 0.15) is 18.5 Å². The van der Waals surface area contributed by atoms with E-state index in [9.17, 15) is 8.78 Å². The van der Waals surface area contributed by atoms with Crippen LogP contribution in [0.25, 0.3) is 11.6 Å². The number of nitrogens with zero attached hydrogens (tertiary/aromatic N) is 5. The average Bonchev–Trinajstić information content (AvgIpc) is 2.93. The van der Waals surface area contributed by atoms with Gasteiger partial charge < -0.3 is 9.32 Å². The molecular formula is C12H13F2N5O. The highest BCUT2D eigenvalue weighted by Crippen LogP contribution is 2.35. The van der Waals surface area contributed by atoms with E-state index in [1.165, 1.54) is 12.7 Å². The van der Waals surface area contributed by atoms with Gasteiger partial charge in [0.15, 0.2) is 5.69 Å². The third-order valence-electron chi connectivity index (χ3n) is 3.38. The molecule has 20 heavy (non-hydrogen) atoms. The summed E-state index contributed by atoms with van der Waals surface area (Å²) in [4.78, 5) is 10.1. The van der Waals surface area contributed by atoms with Gasteiger partial charge in [0.05, 0.1) is 11.4 Å². The SMILES string of the molecule is Cc1ncnc(-c2nnco2)c1N1CCC(F)(F)CC1. The van der Waals surface area contributed by atoms with Gasteiger partial charge in [-0.05, 0) is 6.92 Å². The number of aromatic nitrogens is 4. The molecule has 8 heteroatoms. The van der Waals surface area contributed by atoms with Crippen molar-refractivity contribution in [2.45, 2.75) is 25.7 Å². The molecule has 0 spiro atoms. The standard InChI is InChI=1S/C12H13F2N5O/c1-8-10(19-4-2-12(13,14)3-5-19)9(16-6-15-8)11-18-17-7-20-11/h6-7H,2-5H2,1H3. The fourth-order valence-corrected chi connectivity index (χ4v) is 2.34. The molecule has 0 aromatic carbocycles. The summed E-state index contributed by atoms with van der Waals surface area (Å²) in [5, 5.41) is 7.45. The quantitative estimate of drug-likeness (QED) is 0.839. The summed E-state index contributed by atoms with van der Waals surface area (Å²) in [5.41, 5.74) is 1.88. The van der Waals surface area contributed by atoms with Gasteiger partial charge in [-0.15, -0.1) is 10.2 Å². The first kappa shape index (κ1) is 12.9. The van der Waals surface area contributed by atoms with Gasteiger partial charge in [-0.2, -0.15) is 0 Å². The van der Waals surface area contributed by atoms with E-state index in [-0.39, 0.29) is 31.8 Å². The average molecular weight is 281 g/mol. The molecule has 1 aliphatic rings. The van der Waals surface area contributed by atoms with Gasteiger partial charge >= 0.3 is 0 Å². The second-order valence-electron chi connectivity index (χ2n) is 4.74. The Bertz CT molecular complexity index is 592.